The Morgan fingerprint density at radius 2 is 1.76 bits per heavy atom. The highest BCUT2D eigenvalue weighted by Crippen LogP contribution is 2.03. The van der Waals surface area contributed by atoms with Gasteiger partial charge in [-0.15, -0.1) is 0 Å². The predicted molar refractivity (Wildman–Crippen MR) is 74.7 cm³/mol. The van der Waals surface area contributed by atoms with Gasteiger partial charge in [0.15, 0.2) is 6.10 Å². The summed E-state index contributed by atoms with van der Waals surface area (Å²) >= 11 is 0. The van der Waals surface area contributed by atoms with Crippen LogP contribution >= 0.6 is 0 Å². The minimum atomic E-state index is -1.46. The molecule has 122 valence electrons. The SMILES string of the molecule is CCOC(=O)[C@@H](O)CN(CC(C)C)C(=O)N[C@@H](C)C(=O)O. The predicted octanol–water partition coefficient (Wildman–Crippen LogP) is 0.0511. The number of rotatable bonds is 8. The van der Waals surface area contributed by atoms with Crippen molar-refractivity contribution in [3.63, 3.8) is 0 Å². The third kappa shape index (κ3) is 7.50. The number of urea groups is 1. The number of carbonyl (C=O) groups is 3. The average Bonchev–Trinajstić information content (AvgIpc) is 2.37. The summed E-state index contributed by atoms with van der Waals surface area (Å²) in [5.74, 6) is -1.89. The fourth-order valence-corrected chi connectivity index (χ4v) is 1.54. The van der Waals surface area contributed by atoms with Gasteiger partial charge in [-0.05, 0) is 19.8 Å². The Hall–Kier alpha value is -1.83. The number of esters is 1. The minimum Gasteiger partial charge on any atom is -0.480 e. The lowest BCUT2D eigenvalue weighted by Crippen LogP contribution is -2.51. The van der Waals surface area contributed by atoms with E-state index in [4.69, 9.17) is 5.11 Å². The van der Waals surface area contributed by atoms with Crippen LogP contribution in [0.25, 0.3) is 0 Å². The van der Waals surface area contributed by atoms with Crippen LogP contribution in [-0.2, 0) is 14.3 Å². The number of nitrogens with one attached hydrogen (secondary N) is 1. The van der Waals surface area contributed by atoms with E-state index in [1.807, 2.05) is 13.8 Å². The van der Waals surface area contributed by atoms with Crippen molar-refractivity contribution in [2.75, 3.05) is 19.7 Å². The van der Waals surface area contributed by atoms with Crippen LogP contribution in [-0.4, -0.2) is 64.9 Å². The Labute approximate surface area is 124 Å². The molecule has 0 unspecified atom stereocenters. The van der Waals surface area contributed by atoms with Crippen molar-refractivity contribution in [2.24, 2.45) is 5.92 Å². The zero-order valence-corrected chi connectivity index (χ0v) is 12.8. The van der Waals surface area contributed by atoms with Gasteiger partial charge in [-0.1, -0.05) is 13.8 Å². The van der Waals surface area contributed by atoms with E-state index in [2.05, 4.69) is 10.1 Å². The van der Waals surface area contributed by atoms with E-state index >= 15 is 0 Å². The summed E-state index contributed by atoms with van der Waals surface area (Å²) in [5, 5.41) is 20.8. The molecule has 21 heavy (non-hydrogen) atoms. The van der Waals surface area contributed by atoms with Gasteiger partial charge in [0.1, 0.15) is 6.04 Å². The fourth-order valence-electron chi connectivity index (χ4n) is 1.54. The lowest BCUT2D eigenvalue weighted by molar-refractivity contribution is -0.153. The molecule has 0 aliphatic rings. The quantitative estimate of drug-likeness (QED) is 0.546. The van der Waals surface area contributed by atoms with E-state index < -0.39 is 30.1 Å². The highest BCUT2D eigenvalue weighted by atomic mass is 16.5. The zero-order chi connectivity index (χ0) is 16.6. The van der Waals surface area contributed by atoms with E-state index in [1.54, 1.807) is 6.92 Å². The van der Waals surface area contributed by atoms with Crippen LogP contribution < -0.4 is 5.32 Å². The number of amides is 2. The van der Waals surface area contributed by atoms with Crippen molar-refractivity contribution in [2.45, 2.75) is 39.8 Å². The number of aliphatic hydroxyl groups excluding tert-OH is 1. The lowest BCUT2D eigenvalue weighted by atomic mass is 10.2. The first-order chi connectivity index (χ1) is 9.68. The molecular weight excluding hydrogens is 280 g/mol. The number of carbonyl (C=O) groups excluding carboxylic acids is 2. The van der Waals surface area contributed by atoms with E-state index in [0.29, 0.717) is 0 Å². The van der Waals surface area contributed by atoms with Crippen molar-refractivity contribution >= 4 is 18.0 Å². The Morgan fingerprint density at radius 1 is 1.19 bits per heavy atom. The number of hydrogen-bond donors (Lipinski definition) is 3. The second-order valence-electron chi connectivity index (χ2n) is 5.08. The molecule has 0 spiro atoms. The van der Waals surface area contributed by atoms with Gasteiger partial charge in [0.25, 0.3) is 0 Å². The average molecular weight is 304 g/mol. The van der Waals surface area contributed by atoms with Gasteiger partial charge in [-0.3, -0.25) is 4.79 Å². The summed E-state index contributed by atoms with van der Waals surface area (Å²) in [6.45, 7) is 6.80. The van der Waals surface area contributed by atoms with Crippen LogP contribution in [0.4, 0.5) is 4.79 Å². The molecule has 0 rings (SSSR count). The number of nitrogens with zero attached hydrogens (tertiary/aromatic N) is 1. The summed E-state index contributed by atoms with van der Waals surface area (Å²) in [6.07, 6.45) is -1.46. The van der Waals surface area contributed by atoms with E-state index in [0.717, 1.165) is 0 Å². The van der Waals surface area contributed by atoms with Crippen molar-refractivity contribution in [3.8, 4) is 0 Å². The van der Waals surface area contributed by atoms with Gasteiger partial charge < -0.3 is 25.2 Å². The second kappa shape index (κ2) is 9.17. The molecule has 3 N–H and O–H groups in total. The van der Waals surface area contributed by atoms with Crippen LogP contribution in [0.15, 0.2) is 0 Å². The number of carboxylic acid groups (broad SMARTS) is 1. The molecule has 0 radical (unpaired) electrons. The van der Waals surface area contributed by atoms with Crippen LogP contribution in [0.2, 0.25) is 0 Å². The maximum atomic E-state index is 12.0. The minimum absolute atomic E-state index is 0.0882. The third-order valence-electron chi connectivity index (χ3n) is 2.54. The molecule has 0 aromatic carbocycles. The molecule has 2 amide bonds. The summed E-state index contributed by atoms with van der Waals surface area (Å²) in [5.41, 5.74) is 0. The van der Waals surface area contributed by atoms with Crippen molar-refractivity contribution < 1.29 is 29.3 Å². The maximum absolute atomic E-state index is 12.0. The van der Waals surface area contributed by atoms with E-state index in [9.17, 15) is 19.5 Å². The third-order valence-corrected chi connectivity index (χ3v) is 2.54. The Kier molecular flexibility index (Phi) is 8.37. The zero-order valence-electron chi connectivity index (χ0n) is 12.8. The number of hydrogen-bond acceptors (Lipinski definition) is 5. The molecule has 0 heterocycles. The molecule has 0 saturated heterocycles. The van der Waals surface area contributed by atoms with Crippen molar-refractivity contribution in [3.05, 3.63) is 0 Å². The normalized spacial score (nSPS) is 13.4. The molecule has 2 atom stereocenters. The first kappa shape index (κ1) is 19.2. The fraction of sp³-hybridized carbons (Fsp3) is 0.769. The number of aliphatic carboxylic acids is 1. The van der Waals surface area contributed by atoms with Crippen molar-refractivity contribution in [1.82, 2.24) is 10.2 Å². The standard InChI is InChI=1S/C13H24N2O6/c1-5-21-12(19)10(16)7-15(6-8(2)3)13(20)14-9(4)11(17)18/h8-10,16H,5-7H2,1-4H3,(H,14,20)(H,17,18)/t9-,10-/m0/s1. The highest BCUT2D eigenvalue weighted by molar-refractivity contribution is 5.83. The Balaban J connectivity index is 4.74. The summed E-state index contributed by atoms with van der Waals surface area (Å²) in [6, 6.07) is -1.71. The van der Waals surface area contributed by atoms with Gasteiger partial charge in [-0.25, -0.2) is 9.59 Å². The first-order valence-electron chi connectivity index (χ1n) is 6.81. The number of ether oxygens (including phenoxy) is 1. The summed E-state index contributed by atoms with van der Waals surface area (Å²) in [4.78, 5) is 35.3. The molecule has 0 aromatic rings. The van der Waals surface area contributed by atoms with Crippen LogP contribution in [0.3, 0.4) is 0 Å². The van der Waals surface area contributed by atoms with Crippen LogP contribution in [0.5, 0.6) is 0 Å². The molecule has 8 nitrogen and oxygen atoms in total. The highest BCUT2D eigenvalue weighted by Gasteiger charge is 2.25. The topological polar surface area (TPSA) is 116 Å². The van der Waals surface area contributed by atoms with Gasteiger partial charge in [0.2, 0.25) is 0 Å². The molecule has 0 aromatic heterocycles. The second-order valence-corrected chi connectivity index (χ2v) is 5.08. The van der Waals surface area contributed by atoms with Crippen LogP contribution in [0.1, 0.15) is 27.7 Å². The maximum Gasteiger partial charge on any atom is 0.336 e. The number of aliphatic hydroxyl groups is 1. The first-order valence-corrected chi connectivity index (χ1v) is 6.81. The van der Waals surface area contributed by atoms with E-state index in [1.165, 1.54) is 11.8 Å². The molecule has 8 heteroatoms. The van der Waals surface area contributed by atoms with Crippen molar-refractivity contribution in [1.29, 1.82) is 0 Å². The van der Waals surface area contributed by atoms with Gasteiger partial charge >= 0.3 is 18.0 Å². The largest absolute Gasteiger partial charge is 0.480 e. The summed E-state index contributed by atoms with van der Waals surface area (Å²) in [7, 11) is 0. The van der Waals surface area contributed by atoms with Gasteiger partial charge in [0.05, 0.1) is 13.2 Å². The monoisotopic (exact) mass is 304 g/mol. The number of carboxylic acids is 1. The summed E-state index contributed by atoms with van der Waals surface area (Å²) < 4.78 is 4.67. The molecule has 0 aliphatic carbocycles. The molecule has 0 fully saturated rings. The Morgan fingerprint density at radius 3 is 2.19 bits per heavy atom. The smallest absolute Gasteiger partial charge is 0.336 e. The van der Waals surface area contributed by atoms with E-state index in [-0.39, 0.29) is 25.6 Å². The molecule has 0 saturated carbocycles. The molecule has 0 aliphatic heterocycles. The lowest BCUT2D eigenvalue weighted by Gasteiger charge is -2.27. The molecule has 0 bridgehead atoms. The van der Waals surface area contributed by atoms with Gasteiger partial charge in [0, 0.05) is 6.54 Å². The van der Waals surface area contributed by atoms with Crippen LogP contribution in [0, 0.1) is 5.92 Å². The van der Waals surface area contributed by atoms with Gasteiger partial charge in [-0.2, -0.15) is 0 Å². The Bertz CT molecular complexity index is 372. The molecular formula is C13H24N2O6.